The Labute approximate surface area is 79.4 Å². The first kappa shape index (κ1) is 10.3. The Kier molecular flexibility index (Phi) is 2.76. The zero-order valence-electron chi connectivity index (χ0n) is 8.78. The van der Waals surface area contributed by atoms with Crippen LogP contribution in [-0.2, 0) is 6.54 Å². The summed E-state index contributed by atoms with van der Waals surface area (Å²) >= 11 is 0. The second-order valence-electron chi connectivity index (χ2n) is 4.54. The highest BCUT2D eigenvalue weighted by Crippen LogP contribution is 2.20. The Balaban J connectivity index is 2.65. The van der Waals surface area contributed by atoms with E-state index in [1.165, 1.54) is 0 Å². The normalized spacial score (nSPS) is 14.5. The van der Waals surface area contributed by atoms with Crippen LogP contribution in [0.15, 0.2) is 12.3 Å². The molecule has 1 aromatic rings. The molecule has 1 N–H and O–H groups in total. The minimum Gasteiger partial charge on any atom is -0.391 e. The van der Waals surface area contributed by atoms with Gasteiger partial charge < -0.3 is 5.11 Å². The van der Waals surface area contributed by atoms with Crippen molar-refractivity contribution in [2.24, 2.45) is 5.41 Å². The topological polar surface area (TPSA) is 38.0 Å². The fraction of sp³-hybridized carbons (Fsp3) is 0.700. The number of aromatic nitrogens is 2. The van der Waals surface area contributed by atoms with Crippen molar-refractivity contribution in [1.82, 2.24) is 9.78 Å². The number of hydrogen-bond acceptors (Lipinski definition) is 2. The molecule has 0 spiro atoms. The van der Waals surface area contributed by atoms with Gasteiger partial charge in [-0.1, -0.05) is 20.8 Å². The van der Waals surface area contributed by atoms with Crippen molar-refractivity contribution in [3.05, 3.63) is 18.0 Å². The van der Waals surface area contributed by atoms with Gasteiger partial charge in [0, 0.05) is 11.9 Å². The van der Waals surface area contributed by atoms with Gasteiger partial charge in [-0.2, -0.15) is 5.10 Å². The van der Waals surface area contributed by atoms with Gasteiger partial charge in [0.2, 0.25) is 0 Å². The van der Waals surface area contributed by atoms with Gasteiger partial charge in [-0.25, -0.2) is 0 Å². The van der Waals surface area contributed by atoms with Gasteiger partial charge in [0.25, 0.3) is 0 Å². The third-order valence-electron chi connectivity index (χ3n) is 2.27. The number of nitrogens with zero attached hydrogens (tertiary/aromatic N) is 2. The molecule has 13 heavy (non-hydrogen) atoms. The molecule has 1 atom stereocenters. The minimum atomic E-state index is -0.355. The van der Waals surface area contributed by atoms with Gasteiger partial charge in [-0.05, 0) is 18.4 Å². The lowest BCUT2D eigenvalue weighted by molar-refractivity contribution is 0.0445. The van der Waals surface area contributed by atoms with E-state index < -0.39 is 0 Å². The van der Waals surface area contributed by atoms with E-state index in [4.69, 9.17) is 0 Å². The Morgan fingerprint density at radius 1 is 1.54 bits per heavy atom. The van der Waals surface area contributed by atoms with Crippen LogP contribution in [0.4, 0.5) is 0 Å². The number of aryl methyl sites for hydroxylation is 1. The highest BCUT2D eigenvalue weighted by Gasteiger charge is 2.22. The quantitative estimate of drug-likeness (QED) is 0.754. The molecular formula is C10H18N2O. The third kappa shape index (κ3) is 2.56. The molecule has 1 unspecified atom stereocenters. The van der Waals surface area contributed by atoms with Crippen molar-refractivity contribution in [2.75, 3.05) is 0 Å². The van der Waals surface area contributed by atoms with Crippen LogP contribution in [0, 0.1) is 12.3 Å². The van der Waals surface area contributed by atoms with Crippen molar-refractivity contribution in [3.8, 4) is 0 Å². The molecule has 0 aliphatic rings. The Hall–Kier alpha value is -0.830. The smallest absolute Gasteiger partial charge is 0.0784 e. The highest BCUT2D eigenvalue weighted by atomic mass is 16.3. The number of aliphatic hydroxyl groups excluding tert-OH is 1. The van der Waals surface area contributed by atoms with Gasteiger partial charge in [-0.15, -0.1) is 0 Å². The maximum atomic E-state index is 9.82. The molecule has 0 aliphatic heterocycles. The second kappa shape index (κ2) is 3.50. The number of aliphatic hydroxyl groups is 1. The first-order valence-electron chi connectivity index (χ1n) is 4.58. The van der Waals surface area contributed by atoms with Gasteiger partial charge in [-0.3, -0.25) is 4.68 Å². The van der Waals surface area contributed by atoms with Crippen LogP contribution in [0.5, 0.6) is 0 Å². The average Bonchev–Trinajstić information content (AvgIpc) is 2.34. The standard InChI is InChI=1S/C10H18N2O/c1-8-5-6-11-12(8)7-9(13)10(2,3)4/h5-6,9,13H,7H2,1-4H3. The Bertz CT molecular complexity index is 273. The van der Waals surface area contributed by atoms with Crippen LogP contribution in [0.25, 0.3) is 0 Å². The van der Waals surface area contributed by atoms with E-state index in [9.17, 15) is 5.11 Å². The maximum absolute atomic E-state index is 9.82. The summed E-state index contributed by atoms with van der Waals surface area (Å²) in [4.78, 5) is 0. The average molecular weight is 182 g/mol. The lowest BCUT2D eigenvalue weighted by Crippen LogP contribution is -2.31. The largest absolute Gasteiger partial charge is 0.391 e. The van der Waals surface area contributed by atoms with E-state index in [1.807, 2.05) is 38.4 Å². The molecule has 1 rings (SSSR count). The molecule has 3 nitrogen and oxygen atoms in total. The minimum absolute atomic E-state index is 0.0849. The van der Waals surface area contributed by atoms with Gasteiger partial charge >= 0.3 is 0 Å². The number of hydrogen-bond donors (Lipinski definition) is 1. The molecule has 0 saturated heterocycles. The monoisotopic (exact) mass is 182 g/mol. The molecule has 0 fully saturated rings. The zero-order chi connectivity index (χ0) is 10.1. The van der Waals surface area contributed by atoms with Crippen LogP contribution in [0.2, 0.25) is 0 Å². The molecule has 0 aromatic carbocycles. The van der Waals surface area contributed by atoms with E-state index >= 15 is 0 Å². The molecule has 0 saturated carbocycles. The lowest BCUT2D eigenvalue weighted by atomic mass is 9.89. The van der Waals surface area contributed by atoms with E-state index in [-0.39, 0.29) is 11.5 Å². The van der Waals surface area contributed by atoms with E-state index in [2.05, 4.69) is 5.10 Å². The third-order valence-corrected chi connectivity index (χ3v) is 2.27. The van der Waals surface area contributed by atoms with E-state index in [1.54, 1.807) is 6.20 Å². The predicted octanol–water partition coefficient (Wildman–Crippen LogP) is 1.60. The Morgan fingerprint density at radius 2 is 2.15 bits per heavy atom. The molecule has 74 valence electrons. The van der Waals surface area contributed by atoms with Crippen molar-refractivity contribution in [1.29, 1.82) is 0 Å². The van der Waals surface area contributed by atoms with Crippen molar-refractivity contribution in [3.63, 3.8) is 0 Å². The fourth-order valence-electron chi connectivity index (χ4n) is 1.03. The maximum Gasteiger partial charge on any atom is 0.0784 e. The van der Waals surface area contributed by atoms with Crippen molar-refractivity contribution >= 4 is 0 Å². The van der Waals surface area contributed by atoms with Gasteiger partial charge in [0.05, 0.1) is 12.6 Å². The van der Waals surface area contributed by atoms with Crippen LogP contribution >= 0.6 is 0 Å². The molecule has 0 radical (unpaired) electrons. The van der Waals surface area contributed by atoms with Gasteiger partial charge in [0.1, 0.15) is 0 Å². The molecule has 1 heterocycles. The summed E-state index contributed by atoms with van der Waals surface area (Å²) in [7, 11) is 0. The molecule has 0 amide bonds. The van der Waals surface area contributed by atoms with Gasteiger partial charge in [0.15, 0.2) is 0 Å². The van der Waals surface area contributed by atoms with Crippen LogP contribution < -0.4 is 0 Å². The molecule has 0 aliphatic carbocycles. The highest BCUT2D eigenvalue weighted by molar-refractivity contribution is 4.97. The molecule has 0 bridgehead atoms. The van der Waals surface area contributed by atoms with E-state index in [0.717, 1.165) is 5.69 Å². The number of rotatable bonds is 2. The van der Waals surface area contributed by atoms with Crippen LogP contribution in [0.3, 0.4) is 0 Å². The summed E-state index contributed by atoms with van der Waals surface area (Å²) in [6.07, 6.45) is 1.40. The molecule has 3 heteroatoms. The second-order valence-corrected chi connectivity index (χ2v) is 4.54. The summed E-state index contributed by atoms with van der Waals surface area (Å²) in [6, 6.07) is 1.94. The summed E-state index contributed by atoms with van der Waals surface area (Å²) in [5.74, 6) is 0. The summed E-state index contributed by atoms with van der Waals surface area (Å²) in [6.45, 7) is 8.63. The SMILES string of the molecule is Cc1ccnn1CC(O)C(C)(C)C. The van der Waals surface area contributed by atoms with E-state index in [0.29, 0.717) is 6.54 Å². The molecular weight excluding hydrogens is 164 g/mol. The summed E-state index contributed by atoms with van der Waals surface area (Å²) < 4.78 is 1.83. The predicted molar refractivity (Wildman–Crippen MR) is 52.4 cm³/mol. The Morgan fingerprint density at radius 3 is 2.54 bits per heavy atom. The summed E-state index contributed by atoms with van der Waals surface area (Å²) in [5, 5.41) is 13.9. The lowest BCUT2D eigenvalue weighted by Gasteiger charge is -2.26. The molecule has 1 aromatic heterocycles. The first-order valence-corrected chi connectivity index (χ1v) is 4.58. The van der Waals surface area contributed by atoms with Crippen LogP contribution in [0.1, 0.15) is 26.5 Å². The van der Waals surface area contributed by atoms with Crippen LogP contribution in [-0.4, -0.2) is 21.0 Å². The van der Waals surface area contributed by atoms with Crippen molar-refractivity contribution < 1.29 is 5.11 Å². The van der Waals surface area contributed by atoms with Crippen molar-refractivity contribution in [2.45, 2.75) is 40.3 Å². The zero-order valence-corrected chi connectivity index (χ0v) is 8.78. The first-order chi connectivity index (χ1) is 5.91. The summed E-state index contributed by atoms with van der Waals surface area (Å²) in [5.41, 5.74) is 1.00. The fourth-order valence-corrected chi connectivity index (χ4v) is 1.03.